The number of carbonyl (C=O) groups is 1. The minimum atomic E-state index is -0.904. The first-order valence-corrected chi connectivity index (χ1v) is 4.43. The molecule has 1 aromatic carbocycles. The summed E-state index contributed by atoms with van der Waals surface area (Å²) in [6.45, 7) is 1.38. The van der Waals surface area contributed by atoms with Gasteiger partial charge >= 0.3 is 5.97 Å². The predicted octanol–water partition coefficient (Wildman–Crippen LogP) is 1.20. The van der Waals surface area contributed by atoms with Crippen molar-refractivity contribution in [2.75, 3.05) is 18.5 Å². The average molecular weight is 193 g/mol. The van der Waals surface area contributed by atoms with Crippen LogP contribution in [0.15, 0.2) is 24.3 Å². The van der Waals surface area contributed by atoms with Gasteiger partial charge in [-0.1, -0.05) is 6.07 Å². The number of anilines is 1. The van der Waals surface area contributed by atoms with Crippen LogP contribution < -0.4 is 5.32 Å². The van der Waals surface area contributed by atoms with Gasteiger partial charge in [0.05, 0.1) is 24.8 Å². The van der Waals surface area contributed by atoms with Gasteiger partial charge in [-0.2, -0.15) is 0 Å². The first-order chi connectivity index (χ1) is 6.75. The van der Waals surface area contributed by atoms with Gasteiger partial charge in [-0.3, -0.25) is 0 Å². The number of hydrogen-bond acceptors (Lipinski definition) is 3. The van der Waals surface area contributed by atoms with E-state index in [9.17, 15) is 4.79 Å². The molecule has 0 amide bonds. The molecule has 14 heavy (non-hydrogen) atoms. The number of ether oxygens (including phenoxy) is 1. The van der Waals surface area contributed by atoms with Crippen LogP contribution in [-0.4, -0.2) is 30.3 Å². The summed E-state index contributed by atoms with van der Waals surface area (Å²) in [6, 6.07) is 7.10. The molecule has 1 heterocycles. The quantitative estimate of drug-likeness (QED) is 0.757. The number of aromatic carboxylic acids is 1. The Morgan fingerprint density at radius 2 is 2.29 bits per heavy atom. The smallest absolute Gasteiger partial charge is 0.335 e. The molecule has 1 aliphatic rings. The molecule has 0 bridgehead atoms. The van der Waals surface area contributed by atoms with Crippen LogP contribution in [0.5, 0.6) is 0 Å². The molecule has 0 atom stereocenters. The fourth-order valence-electron chi connectivity index (χ4n) is 1.30. The van der Waals surface area contributed by atoms with Crippen LogP contribution in [0.25, 0.3) is 0 Å². The third kappa shape index (κ3) is 1.85. The summed E-state index contributed by atoms with van der Waals surface area (Å²) in [7, 11) is 0. The van der Waals surface area contributed by atoms with Crippen molar-refractivity contribution in [3.8, 4) is 0 Å². The summed E-state index contributed by atoms with van der Waals surface area (Å²) in [5.74, 6) is -0.904. The van der Waals surface area contributed by atoms with E-state index < -0.39 is 5.97 Å². The Morgan fingerprint density at radius 1 is 1.50 bits per heavy atom. The summed E-state index contributed by atoms with van der Waals surface area (Å²) in [6.07, 6.45) is 0. The second-order valence-corrected chi connectivity index (χ2v) is 3.26. The maximum Gasteiger partial charge on any atom is 0.335 e. The van der Waals surface area contributed by atoms with Crippen LogP contribution in [-0.2, 0) is 4.74 Å². The van der Waals surface area contributed by atoms with Crippen LogP contribution in [0.2, 0.25) is 0 Å². The van der Waals surface area contributed by atoms with Gasteiger partial charge in [-0.15, -0.1) is 0 Å². The highest BCUT2D eigenvalue weighted by Crippen LogP contribution is 2.14. The summed E-state index contributed by atoms with van der Waals surface area (Å²) >= 11 is 0. The van der Waals surface area contributed by atoms with Crippen LogP contribution in [0.1, 0.15) is 10.4 Å². The van der Waals surface area contributed by atoms with Crippen molar-refractivity contribution in [2.24, 2.45) is 0 Å². The molecule has 0 unspecified atom stereocenters. The number of carboxylic acids is 1. The zero-order valence-electron chi connectivity index (χ0n) is 7.56. The van der Waals surface area contributed by atoms with E-state index in [1.54, 1.807) is 18.2 Å². The van der Waals surface area contributed by atoms with Crippen LogP contribution in [0.4, 0.5) is 5.69 Å². The topological polar surface area (TPSA) is 58.6 Å². The standard InChI is InChI=1S/C10H11NO3/c12-10(13)7-2-1-3-8(4-7)11-9-5-14-6-9/h1-4,9,11H,5-6H2,(H,12,13). The third-order valence-corrected chi connectivity index (χ3v) is 2.12. The number of carboxylic acid groups (broad SMARTS) is 1. The van der Waals surface area contributed by atoms with Gasteiger partial charge in [0.1, 0.15) is 0 Å². The molecule has 1 aliphatic heterocycles. The van der Waals surface area contributed by atoms with Gasteiger partial charge in [0.15, 0.2) is 0 Å². The number of benzene rings is 1. The molecule has 0 aliphatic carbocycles. The molecule has 0 spiro atoms. The maximum absolute atomic E-state index is 10.7. The zero-order valence-corrected chi connectivity index (χ0v) is 7.56. The van der Waals surface area contributed by atoms with E-state index in [0.717, 1.165) is 5.69 Å². The largest absolute Gasteiger partial charge is 0.478 e. The fraction of sp³-hybridized carbons (Fsp3) is 0.300. The molecule has 74 valence electrons. The highest BCUT2D eigenvalue weighted by atomic mass is 16.5. The van der Waals surface area contributed by atoms with E-state index in [1.807, 2.05) is 6.07 Å². The zero-order chi connectivity index (χ0) is 9.97. The Bertz CT molecular complexity index is 347. The van der Waals surface area contributed by atoms with Gasteiger partial charge in [-0.25, -0.2) is 4.79 Å². The monoisotopic (exact) mass is 193 g/mol. The van der Waals surface area contributed by atoms with Crippen molar-refractivity contribution in [3.63, 3.8) is 0 Å². The van der Waals surface area contributed by atoms with Crippen molar-refractivity contribution < 1.29 is 14.6 Å². The number of nitrogens with one attached hydrogen (secondary N) is 1. The molecule has 1 saturated heterocycles. The highest BCUT2D eigenvalue weighted by molar-refractivity contribution is 5.88. The van der Waals surface area contributed by atoms with Gasteiger partial charge in [-0.05, 0) is 18.2 Å². The summed E-state index contributed by atoms with van der Waals surface area (Å²) in [5, 5.41) is 11.9. The maximum atomic E-state index is 10.7. The van der Waals surface area contributed by atoms with Gasteiger partial charge in [0.25, 0.3) is 0 Å². The minimum Gasteiger partial charge on any atom is -0.478 e. The van der Waals surface area contributed by atoms with Crippen molar-refractivity contribution >= 4 is 11.7 Å². The lowest BCUT2D eigenvalue weighted by atomic mass is 10.2. The van der Waals surface area contributed by atoms with Crippen molar-refractivity contribution in [3.05, 3.63) is 29.8 Å². The summed E-state index contributed by atoms with van der Waals surface area (Å²) < 4.78 is 5.01. The Hall–Kier alpha value is -1.55. The molecular weight excluding hydrogens is 182 g/mol. The summed E-state index contributed by atoms with van der Waals surface area (Å²) in [5.41, 5.74) is 1.13. The second-order valence-electron chi connectivity index (χ2n) is 3.26. The lowest BCUT2D eigenvalue weighted by Gasteiger charge is -2.27. The molecule has 0 aromatic heterocycles. The van der Waals surface area contributed by atoms with Crippen molar-refractivity contribution in [1.82, 2.24) is 0 Å². The molecule has 2 rings (SSSR count). The molecule has 4 nitrogen and oxygen atoms in total. The van der Waals surface area contributed by atoms with Gasteiger partial charge in [0, 0.05) is 5.69 Å². The van der Waals surface area contributed by atoms with Crippen molar-refractivity contribution in [1.29, 1.82) is 0 Å². The van der Waals surface area contributed by atoms with Crippen LogP contribution in [0, 0.1) is 0 Å². The number of rotatable bonds is 3. The van der Waals surface area contributed by atoms with E-state index >= 15 is 0 Å². The summed E-state index contributed by atoms with van der Waals surface area (Å²) in [4.78, 5) is 10.7. The third-order valence-electron chi connectivity index (χ3n) is 2.12. The Morgan fingerprint density at radius 3 is 2.86 bits per heavy atom. The number of hydrogen-bond donors (Lipinski definition) is 2. The Balaban J connectivity index is 2.09. The van der Waals surface area contributed by atoms with E-state index in [-0.39, 0.29) is 0 Å². The molecule has 2 N–H and O–H groups in total. The van der Waals surface area contributed by atoms with Crippen LogP contribution >= 0.6 is 0 Å². The molecule has 4 heteroatoms. The molecular formula is C10H11NO3. The lowest BCUT2D eigenvalue weighted by Crippen LogP contribution is -2.40. The Labute approximate surface area is 81.5 Å². The van der Waals surface area contributed by atoms with E-state index in [0.29, 0.717) is 24.8 Å². The SMILES string of the molecule is O=C(O)c1cccc(NC2COC2)c1. The van der Waals surface area contributed by atoms with Crippen LogP contribution in [0.3, 0.4) is 0 Å². The van der Waals surface area contributed by atoms with E-state index in [1.165, 1.54) is 0 Å². The first kappa shape index (κ1) is 9.02. The van der Waals surface area contributed by atoms with E-state index in [4.69, 9.17) is 9.84 Å². The first-order valence-electron chi connectivity index (χ1n) is 4.43. The molecule has 1 fully saturated rings. The minimum absolute atomic E-state index is 0.301. The molecule has 0 radical (unpaired) electrons. The highest BCUT2D eigenvalue weighted by Gasteiger charge is 2.17. The lowest BCUT2D eigenvalue weighted by molar-refractivity contribution is 0.0211. The second kappa shape index (κ2) is 3.67. The van der Waals surface area contributed by atoms with E-state index in [2.05, 4.69) is 5.32 Å². The Kier molecular flexibility index (Phi) is 2.37. The molecule has 1 aromatic rings. The van der Waals surface area contributed by atoms with Gasteiger partial charge in [0.2, 0.25) is 0 Å². The molecule has 0 saturated carbocycles. The van der Waals surface area contributed by atoms with Gasteiger partial charge < -0.3 is 15.2 Å². The fourth-order valence-corrected chi connectivity index (χ4v) is 1.30. The average Bonchev–Trinajstić information content (AvgIpc) is 2.12. The van der Waals surface area contributed by atoms with Crippen molar-refractivity contribution in [2.45, 2.75) is 6.04 Å². The predicted molar refractivity (Wildman–Crippen MR) is 51.6 cm³/mol. The normalized spacial score (nSPS) is 16.0.